The molecule has 0 aromatic heterocycles. The quantitative estimate of drug-likeness (QED) is 0.293. The van der Waals surface area contributed by atoms with Gasteiger partial charge in [0.1, 0.15) is 11.6 Å². The fourth-order valence-electron chi connectivity index (χ4n) is 5.55. The first kappa shape index (κ1) is 24.5. The fraction of sp³-hybridized carbons (Fsp3) is 0.708. The summed E-state index contributed by atoms with van der Waals surface area (Å²) in [7, 11) is 0. The third kappa shape index (κ3) is 3.88. The minimum Gasteiger partial charge on any atom is -0.465 e. The minimum absolute atomic E-state index is 0.110. The zero-order valence-electron chi connectivity index (χ0n) is 19.4. The normalized spacial score (nSPS) is 31.5. The first-order valence-corrected chi connectivity index (χ1v) is 11.5. The number of esters is 1. The monoisotopic (exact) mass is 448 g/mol. The number of fused-ring (bicyclic) bond motifs is 1. The maximum absolute atomic E-state index is 13.8. The molecule has 3 aliphatic rings. The van der Waals surface area contributed by atoms with Crippen molar-refractivity contribution in [3.8, 4) is 0 Å². The van der Waals surface area contributed by atoms with Gasteiger partial charge in [0, 0.05) is 12.6 Å². The smallest absolute Gasteiger partial charge is 0.312 e. The molecule has 8 nitrogen and oxygen atoms in total. The number of hydrogen-bond acceptors (Lipinski definition) is 6. The molecule has 6 atom stereocenters. The molecule has 2 amide bonds. The lowest BCUT2D eigenvalue weighted by atomic mass is 9.70. The summed E-state index contributed by atoms with van der Waals surface area (Å²) < 4.78 is 11.8. The summed E-state index contributed by atoms with van der Waals surface area (Å²) >= 11 is 0. The van der Waals surface area contributed by atoms with Crippen LogP contribution in [-0.2, 0) is 23.9 Å². The van der Waals surface area contributed by atoms with Crippen molar-refractivity contribution >= 4 is 17.8 Å². The highest BCUT2D eigenvalue weighted by molar-refractivity contribution is 5.98. The maximum atomic E-state index is 13.8. The molecule has 8 heteroatoms. The number of carbonyl (C=O) groups excluding carboxylic acids is 3. The molecule has 3 heterocycles. The number of unbranched alkanes of at least 4 members (excludes halogenated alkanes) is 1. The Kier molecular flexibility index (Phi) is 7.45. The van der Waals surface area contributed by atoms with E-state index in [1.165, 1.54) is 4.90 Å². The van der Waals surface area contributed by atoms with Crippen molar-refractivity contribution in [2.24, 2.45) is 11.8 Å². The van der Waals surface area contributed by atoms with Crippen LogP contribution in [0.3, 0.4) is 0 Å². The summed E-state index contributed by atoms with van der Waals surface area (Å²) in [5, 5.41) is 9.86. The van der Waals surface area contributed by atoms with Crippen LogP contribution in [0.2, 0.25) is 0 Å². The molecule has 0 aromatic carbocycles. The van der Waals surface area contributed by atoms with Crippen molar-refractivity contribution in [2.75, 3.05) is 19.8 Å². The average molecular weight is 449 g/mol. The fourth-order valence-corrected chi connectivity index (χ4v) is 5.55. The molecule has 3 saturated heterocycles. The van der Waals surface area contributed by atoms with Crippen LogP contribution >= 0.6 is 0 Å². The molecule has 1 spiro atoms. The van der Waals surface area contributed by atoms with Gasteiger partial charge < -0.3 is 24.4 Å². The second-order valence-corrected chi connectivity index (χ2v) is 9.30. The Balaban J connectivity index is 1.96. The summed E-state index contributed by atoms with van der Waals surface area (Å²) in [5.41, 5.74) is -1.08. The zero-order chi connectivity index (χ0) is 23.6. The second-order valence-electron chi connectivity index (χ2n) is 9.30. The Morgan fingerprint density at radius 3 is 2.66 bits per heavy atom. The van der Waals surface area contributed by atoms with Crippen LogP contribution in [-0.4, -0.2) is 82.3 Å². The molecule has 2 bridgehead atoms. The Morgan fingerprint density at radius 2 is 2.06 bits per heavy atom. The number of aliphatic hydroxyl groups is 1. The molecular weight excluding hydrogens is 412 g/mol. The molecule has 0 aromatic rings. The van der Waals surface area contributed by atoms with Gasteiger partial charge in [-0.25, -0.2) is 0 Å². The Morgan fingerprint density at radius 1 is 1.34 bits per heavy atom. The number of carbonyl (C=O) groups is 3. The van der Waals surface area contributed by atoms with E-state index in [1.807, 2.05) is 13.8 Å². The summed E-state index contributed by atoms with van der Waals surface area (Å²) in [4.78, 5) is 43.6. The first-order chi connectivity index (χ1) is 15.2. The van der Waals surface area contributed by atoms with Gasteiger partial charge >= 0.3 is 5.97 Å². The second kappa shape index (κ2) is 9.75. The lowest BCUT2D eigenvalue weighted by molar-refractivity contribution is -0.156. The van der Waals surface area contributed by atoms with Gasteiger partial charge in [-0.15, -0.1) is 13.2 Å². The lowest BCUT2D eigenvalue weighted by Gasteiger charge is -2.39. The maximum Gasteiger partial charge on any atom is 0.312 e. The van der Waals surface area contributed by atoms with Gasteiger partial charge in [-0.3, -0.25) is 14.4 Å². The van der Waals surface area contributed by atoms with Crippen molar-refractivity contribution in [1.82, 2.24) is 9.80 Å². The number of amides is 2. The van der Waals surface area contributed by atoms with Gasteiger partial charge in [-0.1, -0.05) is 12.2 Å². The molecule has 1 N–H and O–H groups in total. The average Bonchev–Trinajstić information content (AvgIpc) is 3.41. The van der Waals surface area contributed by atoms with Crippen LogP contribution in [0, 0.1) is 11.8 Å². The van der Waals surface area contributed by atoms with Crippen molar-refractivity contribution in [2.45, 2.75) is 76.3 Å². The van der Waals surface area contributed by atoms with Crippen molar-refractivity contribution in [1.29, 1.82) is 0 Å². The van der Waals surface area contributed by atoms with Crippen molar-refractivity contribution in [3.63, 3.8) is 0 Å². The molecule has 2 unspecified atom stereocenters. The Labute approximate surface area is 190 Å². The summed E-state index contributed by atoms with van der Waals surface area (Å²) in [5.74, 6) is -2.53. The van der Waals surface area contributed by atoms with E-state index in [9.17, 15) is 19.5 Å². The van der Waals surface area contributed by atoms with Gasteiger partial charge in [-0.05, 0) is 46.5 Å². The predicted molar refractivity (Wildman–Crippen MR) is 118 cm³/mol. The third-order valence-electron chi connectivity index (χ3n) is 7.01. The number of allylic oxidation sites excluding steroid dienone is 1. The van der Waals surface area contributed by atoms with Gasteiger partial charge in [0.05, 0.1) is 37.2 Å². The van der Waals surface area contributed by atoms with Gasteiger partial charge in [0.2, 0.25) is 11.8 Å². The third-order valence-corrected chi connectivity index (χ3v) is 7.01. The molecule has 0 saturated carbocycles. The van der Waals surface area contributed by atoms with E-state index in [0.717, 1.165) is 6.42 Å². The van der Waals surface area contributed by atoms with E-state index in [-0.39, 0.29) is 31.1 Å². The van der Waals surface area contributed by atoms with Crippen LogP contribution in [0.1, 0.15) is 46.5 Å². The number of hydrogen-bond donors (Lipinski definition) is 1. The largest absolute Gasteiger partial charge is 0.465 e. The summed E-state index contributed by atoms with van der Waals surface area (Å²) in [6.07, 6.45) is 5.47. The van der Waals surface area contributed by atoms with Gasteiger partial charge in [-0.2, -0.15) is 0 Å². The number of ether oxygens (including phenoxy) is 2. The van der Waals surface area contributed by atoms with E-state index in [2.05, 4.69) is 13.2 Å². The molecule has 0 radical (unpaired) electrons. The highest BCUT2D eigenvalue weighted by Crippen LogP contribution is 2.59. The minimum atomic E-state index is -1.08. The van der Waals surface area contributed by atoms with E-state index in [0.29, 0.717) is 25.8 Å². The molecule has 3 fully saturated rings. The molecule has 178 valence electrons. The molecule has 3 rings (SSSR count). The molecule has 3 aliphatic heterocycles. The SMILES string of the molecule is C=CCCCOC(=O)[C@@H]1[C@@H]2CCC3(O2)C(C(=O)N(CC=C)C(C)C)N([C@H](C)CO)C(=O)[C@H]13. The summed E-state index contributed by atoms with van der Waals surface area (Å²) in [6.45, 7) is 13.2. The van der Waals surface area contributed by atoms with E-state index < -0.39 is 41.6 Å². The van der Waals surface area contributed by atoms with Crippen LogP contribution in [0.4, 0.5) is 0 Å². The van der Waals surface area contributed by atoms with Crippen molar-refractivity contribution in [3.05, 3.63) is 25.3 Å². The van der Waals surface area contributed by atoms with Crippen LogP contribution < -0.4 is 0 Å². The predicted octanol–water partition coefficient (Wildman–Crippen LogP) is 1.67. The molecular formula is C24H36N2O6. The number of nitrogens with zero attached hydrogens (tertiary/aromatic N) is 2. The van der Waals surface area contributed by atoms with Crippen LogP contribution in [0.25, 0.3) is 0 Å². The first-order valence-electron chi connectivity index (χ1n) is 11.5. The van der Waals surface area contributed by atoms with E-state index in [1.54, 1.807) is 24.0 Å². The number of rotatable bonds is 11. The van der Waals surface area contributed by atoms with Gasteiger partial charge in [0.15, 0.2) is 0 Å². The zero-order valence-corrected chi connectivity index (χ0v) is 19.4. The standard InChI is InChI=1S/C24H36N2O6/c1-6-8-9-13-31-23(30)18-17-10-11-24(32-17)19(18)21(28)26(16(5)14-27)20(24)22(29)25(12-7-2)15(3)4/h6-7,15-20,27H,1-2,8-14H2,3-5H3/t16-,17+,18-,19+,20?,24?/m1/s1. The highest BCUT2D eigenvalue weighted by atomic mass is 16.6. The number of aliphatic hydroxyl groups excluding tert-OH is 1. The van der Waals surface area contributed by atoms with E-state index >= 15 is 0 Å². The van der Waals surface area contributed by atoms with E-state index in [4.69, 9.17) is 9.47 Å². The summed E-state index contributed by atoms with van der Waals surface area (Å²) in [6, 6.07) is -1.59. The van der Waals surface area contributed by atoms with Gasteiger partial charge in [0.25, 0.3) is 0 Å². The Bertz CT molecular complexity index is 768. The van der Waals surface area contributed by atoms with Crippen molar-refractivity contribution < 1.29 is 29.0 Å². The highest BCUT2D eigenvalue weighted by Gasteiger charge is 2.75. The lowest BCUT2D eigenvalue weighted by Crippen LogP contribution is -2.59. The van der Waals surface area contributed by atoms with Crippen LogP contribution in [0.5, 0.6) is 0 Å². The Hall–Kier alpha value is -2.19. The van der Waals surface area contributed by atoms with Crippen LogP contribution in [0.15, 0.2) is 25.3 Å². The number of likely N-dealkylation sites (tertiary alicyclic amines) is 1. The topological polar surface area (TPSA) is 96.4 Å². The molecule has 0 aliphatic carbocycles. The molecule has 32 heavy (non-hydrogen) atoms.